The van der Waals surface area contributed by atoms with E-state index in [2.05, 4.69) is 15.0 Å². The molecule has 100 valence electrons. The van der Waals surface area contributed by atoms with Gasteiger partial charge >= 0.3 is 5.97 Å². The molecule has 0 spiro atoms. The number of ether oxygens (including phenoxy) is 1. The molecule has 6 heteroatoms. The van der Waals surface area contributed by atoms with Crippen molar-refractivity contribution in [2.45, 2.75) is 13.5 Å². The van der Waals surface area contributed by atoms with E-state index in [4.69, 9.17) is 0 Å². The van der Waals surface area contributed by atoms with Crippen molar-refractivity contribution in [1.29, 1.82) is 0 Å². The monoisotopic (exact) mass is 280 g/mol. The fourth-order valence-corrected chi connectivity index (χ4v) is 2.34. The highest BCUT2D eigenvalue weighted by atomic mass is 32.1. The molecule has 0 aliphatic carbocycles. The molecule has 0 bridgehead atoms. The Morgan fingerprint density at radius 2 is 2.32 bits per heavy atom. The molecular weight excluding hydrogens is 267 g/mol. The molecule has 2 rings (SSSR count). The number of nitrogens with one attached hydrogen (secondary N) is 1. The third-order valence-corrected chi connectivity index (χ3v) is 3.61. The summed E-state index contributed by atoms with van der Waals surface area (Å²) in [5, 5.41) is 3.10. The highest BCUT2D eigenvalue weighted by molar-refractivity contribution is 7.09. The van der Waals surface area contributed by atoms with Crippen LogP contribution in [0.5, 0.6) is 0 Å². The van der Waals surface area contributed by atoms with Gasteiger partial charge in [-0.1, -0.05) is 0 Å². The number of esters is 1. The van der Waals surface area contributed by atoms with Crippen molar-refractivity contribution in [3.05, 3.63) is 45.7 Å². The minimum Gasteiger partial charge on any atom is -0.465 e. The Balaban J connectivity index is 2.20. The minimum atomic E-state index is -0.567. The van der Waals surface area contributed by atoms with Crippen LogP contribution in [0.15, 0.2) is 23.7 Å². The molecule has 0 fully saturated rings. The van der Waals surface area contributed by atoms with Crippen molar-refractivity contribution in [3.8, 4) is 0 Å². The van der Waals surface area contributed by atoms with Crippen LogP contribution in [-0.4, -0.2) is 18.1 Å². The normalized spacial score (nSPS) is 10.3. The SMILES string of the molecule is COC(=O)c1cc(F)ccc1NCc1scnc1C. The van der Waals surface area contributed by atoms with E-state index in [1.807, 2.05) is 6.92 Å². The summed E-state index contributed by atoms with van der Waals surface area (Å²) in [6.45, 7) is 2.45. The van der Waals surface area contributed by atoms with E-state index in [1.165, 1.54) is 30.6 Å². The van der Waals surface area contributed by atoms with Gasteiger partial charge in [-0.3, -0.25) is 0 Å². The minimum absolute atomic E-state index is 0.185. The van der Waals surface area contributed by atoms with Crippen molar-refractivity contribution in [3.63, 3.8) is 0 Å². The Hall–Kier alpha value is -1.95. The molecule has 0 aliphatic heterocycles. The number of halogens is 1. The maximum Gasteiger partial charge on any atom is 0.340 e. The van der Waals surface area contributed by atoms with E-state index in [-0.39, 0.29) is 5.56 Å². The molecule has 2 aromatic rings. The lowest BCUT2D eigenvalue weighted by atomic mass is 10.1. The molecule has 0 atom stereocenters. The molecule has 0 radical (unpaired) electrons. The van der Waals surface area contributed by atoms with Crippen LogP contribution in [0.4, 0.5) is 10.1 Å². The quantitative estimate of drug-likeness (QED) is 0.875. The summed E-state index contributed by atoms with van der Waals surface area (Å²) in [5.74, 6) is -1.04. The molecule has 1 N–H and O–H groups in total. The second-order valence-electron chi connectivity index (χ2n) is 3.90. The van der Waals surface area contributed by atoms with Gasteiger partial charge in [0.2, 0.25) is 0 Å². The molecule has 4 nitrogen and oxygen atoms in total. The van der Waals surface area contributed by atoms with Gasteiger partial charge in [0.1, 0.15) is 5.82 Å². The third kappa shape index (κ3) is 3.08. The number of hydrogen-bond acceptors (Lipinski definition) is 5. The number of benzene rings is 1. The lowest BCUT2D eigenvalue weighted by Gasteiger charge is -2.10. The fraction of sp³-hybridized carbons (Fsp3) is 0.231. The molecular formula is C13H13FN2O2S. The van der Waals surface area contributed by atoms with Crippen molar-refractivity contribution in [2.75, 3.05) is 12.4 Å². The van der Waals surface area contributed by atoms with E-state index in [0.29, 0.717) is 12.2 Å². The number of carbonyl (C=O) groups is 1. The Morgan fingerprint density at radius 1 is 1.53 bits per heavy atom. The number of thiazole rings is 1. The number of rotatable bonds is 4. The predicted octanol–water partition coefficient (Wildman–Crippen LogP) is 2.99. The number of hydrogen-bond donors (Lipinski definition) is 1. The van der Waals surface area contributed by atoms with Crippen molar-refractivity contribution in [1.82, 2.24) is 4.98 Å². The van der Waals surface area contributed by atoms with Crippen LogP contribution >= 0.6 is 11.3 Å². The maximum absolute atomic E-state index is 13.2. The summed E-state index contributed by atoms with van der Waals surface area (Å²) in [7, 11) is 1.27. The Labute approximate surface area is 114 Å². The van der Waals surface area contributed by atoms with Crippen LogP contribution in [-0.2, 0) is 11.3 Å². The zero-order valence-electron chi connectivity index (χ0n) is 10.6. The molecule has 0 saturated carbocycles. The highest BCUT2D eigenvalue weighted by Crippen LogP contribution is 2.20. The second kappa shape index (κ2) is 5.79. The highest BCUT2D eigenvalue weighted by Gasteiger charge is 2.13. The summed E-state index contributed by atoms with van der Waals surface area (Å²) in [6, 6.07) is 3.99. The van der Waals surface area contributed by atoms with Gasteiger partial charge in [-0.05, 0) is 25.1 Å². The van der Waals surface area contributed by atoms with Gasteiger partial charge in [-0.15, -0.1) is 11.3 Å². The third-order valence-electron chi connectivity index (χ3n) is 2.67. The van der Waals surface area contributed by atoms with Crippen molar-refractivity contribution >= 4 is 23.0 Å². The summed E-state index contributed by atoms with van der Waals surface area (Å²) in [4.78, 5) is 16.8. The first-order valence-electron chi connectivity index (χ1n) is 5.62. The van der Waals surface area contributed by atoms with Crippen molar-refractivity contribution < 1.29 is 13.9 Å². The Bertz CT molecular complexity index is 598. The average Bonchev–Trinajstić information content (AvgIpc) is 2.82. The Morgan fingerprint density at radius 3 is 2.95 bits per heavy atom. The molecule has 1 heterocycles. The summed E-state index contributed by atoms with van der Waals surface area (Å²) < 4.78 is 17.8. The molecule has 0 amide bonds. The first-order chi connectivity index (χ1) is 9.11. The largest absolute Gasteiger partial charge is 0.465 e. The Kier molecular flexibility index (Phi) is 4.11. The number of anilines is 1. The van der Waals surface area contributed by atoms with Crippen LogP contribution < -0.4 is 5.32 Å². The predicted molar refractivity (Wildman–Crippen MR) is 71.9 cm³/mol. The van der Waals surface area contributed by atoms with E-state index in [1.54, 1.807) is 5.51 Å². The number of aromatic nitrogens is 1. The number of carbonyl (C=O) groups excluding carboxylic acids is 1. The zero-order valence-corrected chi connectivity index (χ0v) is 11.4. The molecule has 0 unspecified atom stereocenters. The summed E-state index contributed by atoms with van der Waals surface area (Å²) in [6.07, 6.45) is 0. The van der Waals surface area contributed by atoms with Gasteiger partial charge in [0.15, 0.2) is 0 Å². The van der Waals surface area contributed by atoms with Crippen LogP contribution in [0.3, 0.4) is 0 Å². The van der Waals surface area contributed by atoms with Crippen LogP contribution in [0.1, 0.15) is 20.9 Å². The van der Waals surface area contributed by atoms with Gasteiger partial charge in [0, 0.05) is 10.6 Å². The fourth-order valence-electron chi connectivity index (χ4n) is 1.62. The van der Waals surface area contributed by atoms with Gasteiger partial charge in [0.05, 0.1) is 30.4 Å². The standard InChI is InChI=1S/C13H13FN2O2S/c1-8-12(19-7-16-8)6-15-11-4-3-9(14)5-10(11)13(17)18-2/h3-5,7,15H,6H2,1-2H3. The van der Waals surface area contributed by atoms with Gasteiger partial charge < -0.3 is 10.1 Å². The summed E-state index contributed by atoms with van der Waals surface area (Å²) >= 11 is 1.53. The first kappa shape index (κ1) is 13.5. The van der Waals surface area contributed by atoms with Gasteiger partial charge in [-0.25, -0.2) is 14.2 Å². The van der Waals surface area contributed by atoms with Crippen molar-refractivity contribution in [2.24, 2.45) is 0 Å². The number of methoxy groups -OCH3 is 1. The topological polar surface area (TPSA) is 51.2 Å². The zero-order chi connectivity index (χ0) is 13.8. The lowest BCUT2D eigenvalue weighted by molar-refractivity contribution is 0.0601. The van der Waals surface area contributed by atoms with Gasteiger partial charge in [-0.2, -0.15) is 0 Å². The second-order valence-corrected chi connectivity index (χ2v) is 4.84. The van der Waals surface area contributed by atoms with E-state index in [0.717, 1.165) is 16.6 Å². The van der Waals surface area contributed by atoms with E-state index >= 15 is 0 Å². The van der Waals surface area contributed by atoms with E-state index < -0.39 is 11.8 Å². The number of nitrogens with zero attached hydrogens (tertiary/aromatic N) is 1. The maximum atomic E-state index is 13.2. The number of aryl methyl sites for hydroxylation is 1. The lowest BCUT2D eigenvalue weighted by Crippen LogP contribution is -2.08. The van der Waals surface area contributed by atoms with Crippen LogP contribution in [0, 0.1) is 12.7 Å². The first-order valence-corrected chi connectivity index (χ1v) is 6.50. The van der Waals surface area contributed by atoms with Crippen LogP contribution in [0.2, 0.25) is 0 Å². The van der Waals surface area contributed by atoms with Gasteiger partial charge in [0.25, 0.3) is 0 Å². The molecule has 19 heavy (non-hydrogen) atoms. The molecule has 1 aromatic heterocycles. The average molecular weight is 280 g/mol. The smallest absolute Gasteiger partial charge is 0.340 e. The molecule has 1 aromatic carbocycles. The molecule has 0 aliphatic rings. The molecule has 0 saturated heterocycles. The van der Waals surface area contributed by atoms with Crippen LogP contribution in [0.25, 0.3) is 0 Å². The summed E-state index contributed by atoms with van der Waals surface area (Å²) in [5.41, 5.74) is 3.43. The van der Waals surface area contributed by atoms with E-state index in [9.17, 15) is 9.18 Å².